The van der Waals surface area contributed by atoms with Crippen LogP contribution >= 0.6 is 0 Å². The summed E-state index contributed by atoms with van der Waals surface area (Å²) in [4.78, 5) is 0. The zero-order valence-electron chi connectivity index (χ0n) is 10.9. The van der Waals surface area contributed by atoms with Crippen molar-refractivity contribution in [2.45, 2.75) is 38.7 Å². The summed E-state index contributed by atoms with van der Waals surface area (Å²) in [7, 11) is 1.69. The zero-order valence-corrected chi connectivity index (χ0v) is 10.9. The average Bonchev–Trinajstić information content (AvgIpc) is 2.32. The van der Waals surface area contributed by atoms with Crippen molar-refractivity contribution in [1.82, 2.24) is 5.32 Å². The number of ether oxygens (including phenoxy) is 2. The van der Waals surface area contributed by atoms with Gasteiger partial charge in [0.15, 0.2) is 0 Å². The van der Waals surface area contributed by atoms with Gasteiger partial charge in [-0.15, -0.1) is 0 Å². The summed E-state index contributed by atoms with van der Waals surface area (Å²) in [6.45, 7) is 7.61. The second kappa shape index (κ2) is 10.0. The lowest BCUT2D eigenvalue weighted by atomic mass is 9.98. The van der Waals surface area contributed by atoms with Gasteiger partial charge in [0.05, 0.1) is 12.2 Å². The van der Waals surface area contributed by atoms with Crippen LogP contribution in [0.1, 0.15) is 33.1 Å². The van der Waals surface area contributed by atoms with Crippen molar-refractivity contribution in [2.24, 2.45) is 0 Å². The number of rotatable bonds is 11. The molecule has 0 aromatic rings. The predicted octanol–water partition coefficient (Wildman–Crippen LogP) is 1.18. The van der Waals surface area contributed by atoms with Crippen LogP contribution in [0.4, 0.5) is 0 Å². The van der Waals surface area contributed by atoms with Crippen LogP contribution in [0.25, 0.3) is 0 Å². The van der Waals surface area contributed by atoms with Crippen molar-refractivity contribution < 1.29 is 14.6 Å². The summed E-state index contributed by atoms with van der Waals surface area (Å²) in [5.41, 5.74) is -0.559. The minimum atomic E-state index is -0.559. The molecule has 16 heavy (non-hydrogen) atoms. The fourth-order valence-corrected chi connectivity index (χ4v) is 1.37. The highest BCUT2D eigenvalue weighted by Crippen LogP contribution is 2.12. The highest BCUT2D eigenvalue weighted by atomic mass is 16.5. The smallest absolute Gasteiger partial charge is 0.0766 e. The monoisotopic (exact) mass is 233 g/mol. The molecule has 0 heterocycles. The third-order valence-electron chi connectivity index (χ3n) is 2.83. The number of hydrogen-bond acceptors (Lipinski definition) is 4. The van der Waals surface area contributed by atoms with E-state index in [0.717, 1.165) is 39.0 Å². The van der Waals surface area contributed by atoms with Gasteiger partial charge >= 0.3 is 0 Å². The van der Waals surface area contributed by atoms with Gasteiger partial charge in [0.1, 0.15) is 0 Å². The van der Waals surface area contributed by atoms with E-state index in [4.69, 9.17) is 9.47 Å². The van der Waals surface area contributed by atoms with E-state index < -0.39 is 5.60 Å². The van der Waals surface area contributed by atoms with E-state index in [1.54, 1.807) is 7.11 Å². The van der Waals surface area contributed by atoms with Gasteiger partial charge in [-0.05, 0) is 19.3 Å². The number of methoxy groups -OCH3 is 1. The molecule has 0 aromatic carbocycles. The van der Waals surface area contributed by atoms with Crippen LogP contribution in [0.5, 0.6) is 0 Å². The van der Waals surface area contributed by atoms with Crippen LogP contribution in [-0.4, -0.2) is 50.7 Å². The molecule has 0 saturated carbocycles. The Morgan fingerprint density at radius 1 is 1.12 bits per heavy atom. The molecule has 0 amide bonds. The molecule has 0 radical (unpaired) electrons. The molecule has 98 valence electrons. The zero-order chi connectivity index (χ0) is 12.3. The minimum absolute atomic E-state index is 0.559. The standard InChI is InChI=1S/C12H27NO3/c1-4-12(14,5-2)11-13-7-10-16-9-6-8-15-3/h13-14H,4-11H2,1-3H3. The van der Waals surface area contributed by atoms with Crippen LogP contribution < -0.4 is 5.32 Å². The van der Waals surface area contributed by atoms with Crippen molar-refractivity contribution in [1.29, 1.82) is 0 Å². The molecule has 4 heteroatoms. The first-order valence-electron chi connectivity index (χ1n) is 6.18. The Hall–Kier alpha value is -0.160. The number of hydrogen-bond donors (Lipinski definition) is 2. The van der Waals surface area contributed by atoms with Gasteiger partial charge in [-0.25, -0.2) is 0 Å². The number of nitrogens with one attached hydrogen (secondary N) is 1. The second-order valence-corrected chi connectivity index (χ2v) is 4.07. The molecular formula is C12H27NO3. The molecule has 0 aliphatic heterocycles. The van der Waals surface area contributed by atoms with E-state index in [-0.39, 0.29) is 0 Å². The van der Waals surface area contributed by atoms with E-state index in [0.29, 0.717) is 13.2 Å². The maximum absolute atomic E-state index is 9.98. The van der Waals surface area contributed by atoms with E-state index in [9.17, 15) is 5.11 Å². The van der Waals surface area contributed by atoms with Gasteiger partial charge in [-0.1, -0.05) is 13.8 Å². The van der Waals surface area contributed by atoms with Crippen molar-refractivity contribution in [3.8, 4) is 0 Å². The van der Waals surface area contributed by atoms with Crippen molar-refractivity contribution in [2.75, 3.05) is 40.0 Å². The van der Waals surface area contributed by atoms with Crippen molar-refractivity contribution in [3.63, 3.8) is 0 Å². The molecule has 0 aliphatic rings. The summed E-state index contributed by atoms with van der Waals surface area (Å²) in [6.07, 6.45) is 2.50. The molecule has 2 N–H and O–H groups in total. The van der Waals surface area contributed by atoms with Crippen LogP contribution in [0.2, 0.25) is 0 Å². The average molecular weight is 233 g/mol. The molecule has 0 rings (SSSR count). The largest absolute Gasteiger partial charge is 0.389 e. The van der Waals surface area contributed by atoms with Gasteiger partial charge in [-0.3, -0.25) is 0 Å². The van der Waals surface area contributed by atoms with Crippen molar-refractivity contribution in [3.05, 3.63) is 0 Å². The maximum atomic E-state index is 9.98. The highest BCUT2D eigenvalue weighted by Gasteiger charge is 2.20. The summed E-state index contributed by atoms with van der Waals surface area (Å²) in [5, 5.41) is 13.2. The highest BCUT2D eigenvalue weighted by molar-refractivity contribution is 4.77. The Labute approximate surface area is 99.3 Å². The fourth-order valence-electron chi connectivity index (χ4n) is 1.37. The van der Waals surface area contributed by atoms with Crippen LogP contribution in [0, 0.1) is 0 Å². The molecule has 4 nitrogen and oxygen atoms in total. The Bertz CT molecular complexity index is 149. The molecule has 0 bridgehead atoms. The van der Waals surface area contributed by atoms with Crippen LogP contribution in [-0.2, 0) is 9.47 Å². The molecular weight excluding hydrogens is 206 g/mol. The first kappa shape index (κ1) is 15.8. The first-order chi connectivity index (χ1) is 7.68. The van der Waals surface area contributed by atoms with Gasteiger partial charge in [0.2, 0.25) is 0 Å². The molecule has 0 spiro atoms. The summed E-state index contributed by atoms with van der Waals surface area (Å²) < 4.78 is 10.3. The fraction of sp³-hybridized carbons (Fsp3) is 1.00. The summed E-state index contributed by atoms with van der Waals surface area (Å²) in [5.74, 6) is 0. The molecule has 0 fully saturated rings. The summed E-state index contributed by atoms with van der Waals surface area (Å²) in [6, 6.07) is 0. The van der Waals surface area contributed by atoms with E-state index in [2.05, 4.69) is 5.32 Å². The van der Waals surface area contributed by atoms with E-state index >= 15 is 0 Å². The van der Waals surface area contributed by atoms with E-state index in [1.807, 2.05) is 13.8 Å². The van der Waals surface area contributed by atoms with E-state index in [1.165, 1.54) is 0 Å². The van der Waals surface area contributed by atoms with Gasteiger partial charge in [-0.2, -0.15) is 0 Å². The molecule has 0 unspecified atom stereocenters. The Morgan fingerprint density at radius 2 is 1.81 bits per heavy atom. The number of aliphatic hydroxyl groups is 1. The summed E-state index contributed by atoms with van der Waals surface area (Å²) >= 11 is 0. The normalized spacial score (nSPS) is 12.0. The lowest BCUT2D eigenvalue weighted by Crippen LogP contribution is -2.40. The molecule has 0 aromatic heterocycles. The first-order valence-corrected chi connectivity index (χ1v) is 6.18. The topological polar surface area (TPSA) is 50.7 Å². The molecule has 0 aliphatic carbocycles. The minimum Gasteiger partial charge on any atom is -0.389 e. The van der Waals surface area contributed by atoms with Crippen LogP contribution in [0.15, 0.2) is 0 Å². The Kier molecular flexibility index (Phi) is 9.92. The van der Waals surface area contributed by atoms with Crippen LogP contribution in [0.3, 0.4) is 0 Å². The molecule has 0 saturated heterocycles. The van der Waals surface area contributed by atoms with Gasteiger partial charge in [0.25, 0.3) is 0 Å². The van der Waals surface area contributed by atoms with Crippen molar-refractivity contribution >= 4 is 0 Å². The maximum Gasteiger partial charge on any atom is 0.0766 e. The van der Waals surface area contributed by atoms with Gasteiger partial charge in [0, 0.05) is 33.4 Å². The second-order valence-electron chi connectivity index (χ2n) is 4.07. The SMILES string of the molecule is CCC(O)(CC)CNCCOCCCOC. The molecule has 0 atom stereocenters. The third kappa shape index (κ3) is 8.05. The predicted molar refractivity (Wildman–Crippen MR) is 65.7 cm³/mol. The lowest BCUT2D eigenvalue weighted by Gasteiger charge is -2.25. The Morgan fingerprint density at radius 3 is 2.38 bits per heavy atom. The quantitative estimate of drug-likeness (QED) is 0.526. The Balaban J connectivity index is 3.26. The lowest BCUT2D eigenvalue weighted by molar-refractivity contribution is 0.0298. The van der Waals surface area contributed by atoms with Gasteiger partial charge < -0.3 is 19.9 Å². The third-order valence-corrected chi connectivity index (χ3v) is 2.83.